The minimum atomic E-state index is -3.83. The van der Waals surface area contributed by atoms with Crippen LogP contribution in [0.25, 0.3) is 0 Å². The lowest BCUT2D eigenvalue weighted by molar-refractivity contribution is -0.118. The SMILES string of the molecule is CCCN1CC2=C(C(=O)NC2c2cc(S(=O)(=O)N3CCN(CCF)CC3)ccc2OCCF)N(C)C1. The number of benzene rings is 1. The Balaban J connectivity index is 1.68. The number of carbonyl (C=O) groups is 1. The molecule has 200 valence electrons. The van der Waals surface area contributed by atoms with Crippen molar-refractivity contribution in [3.8, 4) is 5.75 Å². The van der Waals surface area contributed by atoms with Gasteiger partial charge in [-0.1, -0.05) is 6.92 Å². The minimum absolute atomic E-state index is 0.0851. The second-order valence-electron chi connectivity index (χ2n) is 9.34. The average molecular weight is 528 g/mol. The Morgan fingerprint density at radius 3 is 2.50 bits per heavy atom. The first-order valence-corrected chi connectivity index (χ1v) is 13.8. The number of piperazine rings is 1. The fourth-order valence-corrected chi connectivity index (χ4v) is 6.66. The van der Waals surface area contributed by atoms with Crippen LogP contribution < -0.4 is 10.1 Å². The van der Waals surface area contributed by atoms with E-state index in [-0.39, 0.29) is 30.5 Å². The van der Waals surface area contributed by atoms with Gasteiger partial charge in [-0.15, -0.1) is 0 Å². The number of likely N-dealkylation sites (N-methyl/N-ethyl adjacent to an activating group) is 1. The highest BCUT2D eigenvalue weighted by atomic mass is 32.2. The summed E-state index contributed by atoms with van der Waals surface area (Å²) in [4.78, 5) is 19.0. The van der Waals surface area contributed by atoms with E-state index in [4.69, 9.17) is 4.74 Å². The zero-order chi connectivity index (χ0) is 25.9. The average Bonchev–Trinajstić information content (AvgIpc) is 3.19. The standard InChI is InChI=1S/C24H35F2N5O4S/c1-3-8-30-16-20-22(27-24(32)23(20)28(2)17-30)19-15-18(4-5-21(19)35-14-7-26)36(33,34)31-12-10-29(9-6-25)11-13-31/h4-5,15,22H,3,6-14,16-17H2,1-2H3,(H,27,32). The van der Waals surface area contributed by atoms with E-state index in [1.807, 2.05) is 16.8 Å². The summed E-state index contributed by atoms with van der Waals surface area (Å²) < 4.78 is 59.7. The van der Waals surface area contributed by atoms with Crippen molar-refractivity contribution >= 4 is 15.9 Å². The van der Waals surface area contributed by atoms with E-state index in [0.29, 0.717) is 49.9 Å². The number of nitrogens with zero attached hydrogens (tertiary/aromatic N) is 4. The maximum absolute atomic E-state index is 13.5. The monoisotopic (exact) mass is 527 g/mol. The molecule has 4 rings (SSSR count). The van der Waals surface area contributed by atoms with Gasteiger partial charge in [-0.05, 0) is 36.7 Å². The van der Waals surface area contributed by atoms with E-state index in [9.17, 15) is 22.0 Å². The summed E-state index contributed by atoms with van der Waals surface area (Å²) in [5, 5.41) is 2.99. The minimum Gasteiger partial charge on any atom is -0.490 e. The Labute approximate surface area is 211 Å². The Bertz CT molecular complexity index is 1090. The lowest BCUT2D eigenvalue weighted by Crippen LogP contribution is -2.49. The van der Waals surface area contributed by atoms with E-state index in [1.54, 1.807) is 0 Å². The van der Waals surface area contributed by atoms with Crippen LogP contribution in [0.4, 0.5) is 8.78 Å². The Hall–Kier alpha value is -2.28. The lowest BCUT2D eigenvalue weighted by atomic mass is 9.97. The smallest absolute Gasteiger partial charge is 0.268 e. The molecular weight excluding hydrogens is 492 g/mol. The first-order chi connectivity index (χ1) is 17.3. The Kier molecular flexibility index (Phi) is 8.48. The lowest BCUT2D eigenvalue weighted by Gasteiger charge is -2.35. The van der Waals surface area contributed by atoms with E-state index < -0.39 is 29.4 Å². The number of rotatable bonds is 10. The maximum Gasteiger partial charge on any atom is 0.268 e. The molecule has 1 atom stereocenters. The molecule has 0 aliphatic carbocycles. The molecule has 0 aromatic heterocycles. The third-order valence-electron chi connectivity index (χ3n) is 6.87. The van der Waals surface area contributed by atoms with E-state index in [2.05, 4.69) is 17.1 Å². The molecule has 1 fully saturated rings. The molecule has 3 heterocycles. The van der Waals surface area contributed by atoms with E-state index in [0.717, 1.165) is 18.5 Å². The van der Waals surface area contributed by atoms with Crippen LogP contribution in [0.15, 0.2) is 34.4 Å². The molecule has 1 amide bonds. The van der Waals surface area contributed by atoms with Crippen molar-refractivity contribution < 1.29 is 26.7 Å². The number of sulfonamides is 1. The van der Waals surface area contributed by atoms with Gasteiger partial charge < -0.3 is 15.0 Å². The van der Waals surface area contributed by atoms with Crippen LogP contribution in [0.1, 0.15) is 24.9 Å². The summed E-state index contributed by atoms with van der Waals surface area (Å²) >= 11 is 0. The fourth-order valence-electron chi connectivity index (χ4n) is 5.20. The zero-order valence-electron chi connectivity index (χ0n) is 20.9. The van der Waals surface area contributed by atoms with Crippen LogP contribution in [-0.4, -0.2) is 113 Å². The molecule has 0 bridgehead atoms. The molecule has 0 saturated carbocycles. The van der Waals surface area contributed by atoms with E-state index >= 15 is 0 Å². The number of amides is 1. The van der Waals surface area contributed by atoms with Crippen molar-refractivity contribution in [2.45, 2.75) is 24.3 Å². The predicted octanol–water partition coefficient (Wildman–Crippen LogP) is 1.35. The number of hydrogen-bond donors (Lipinski definition) is 1. The van der Waals surface area contributed by atoms with Crippen molar-refractivity contribution in [3.05, 3.63) is 35.0 Å². The molecule has 3 aliphatic heterocycles. The summed E-state index contributed by atoms with van der Waals surface area (Å²) in [6.45, 7) is 4.55. The van der Waals surface area contributed by atoms with Crippen LogP contribution in [0.5, 0.6) is 5.75 Å². The molecule has 0 radical (unpaired) electrons. The molecular formula is C24H35F2N5O4S. The molecule has 36 heavy (non-hydrogen) atoms. The number of alkyl halides is 2. The second-order valence-corrected chi connectivity index (χ2v) is 11.3. The summed E-state index contributed by atoms with van der Waals surface area (Å²) in [6, 6.07) is 3.96. The summed E-state index contributed by atoms with van der Waals surface area (Å²) in [5.74, 6) is 0.121. The van der Waals surface area contributed by atoms with Crippen molar-refractivity contribution in [2.75, 3.05) is 79.5 Å². The van der Waals surface area contributed by atoms with Crippen molar-refractivity contribution in [1.29, 1.82) is 0 Å². The van der Waals surface area contributed by atoms with Gasteiger partial charge in [0.2, 0.25) is 10.0 Å². The molecule has 12 heteroatoms. The number of halogens is 2. The van der Waals surface area contributed by atoms with Crippen LogP contribution in [-0.2, 0) is 14.8 Å². The third-order valence-corrected chi connectivity index (χ3v) is 8.76. The van der Waals surface area contributed by atoms with Crippen LogP contribution in [0.2, 0.25) is 0 Å². The highest BCUT2D eigenvalue weighted by molar-refractivity contribution is 7.89. The fraction of sp³-hybridized carbons (Fsp3) is 0.625. The number of carbonyl (C=O) groups excluding carboxylic acids is 1. The van der Waals surface area contributed by atoms with Crippen LogP contribution in [0.3, 0.4) is 0 Å². The number of hydrogen-bond acceptors (Lipinski definition) is 7. The predicted molar refractivity (Wildman–Crippen MR) is 131 cm³/mol. The van der Waals surface area contributed by atoms with Crippen molar-refractivity contribution in [1.82, 2.24) is 24.3 Å². The number of nitrogens with one attached hydrogen (secondary N) is 1. The molecule has 3 aliphatic rings. The third kappa shape index (κ3) is 5.36. The first kappa shape index (κ1) is 26.8. The molecule has 1 aromatic rings. The topological polar surface area (TPSA) is 85.4 Å². The molecule has 9 nitrogen and oxygen atoms in total. The molecule has 1 unspecified atom stereocenters. The quantitative estimate of drug-likeness (QED) is 0.492. The maximum atomic E-state index is 13.5. The van der Waals surface area contributed by atoms with Gasteiger partial charge in [-0.3, -0.25) is 14.6 Å². The summed E-state index contributed by atoms with van der Waals surface area (Å²) in [6.07, 6.45) is 0.958. The zero-order valence-corrected chi connectivity index (χ0v) is 21.7. The van der Waals surface area contributed by atoms with E-state index in [1.165, 1.54) is 22.5 Å². The van der Waals surface area contributed by atoms with Gasteiger partial charge in [0.1, 0.15) is 31.4 Å². The number of ether oxygens (including phenoxy) is 1. The normalized spacial score (nSPS) is 22.2. The van der Waals surface area contributed by atoms with Crippen LogP contribution in [0, 0.1) is 0 Å². The van der Waals surface area contributed by atoms with Gasteiger partial charge >= 0.3 is 0 Å². The highest BCUT2D eigenvalue weighted by Gasteiger charge is 2.40. The second kappa shape index (κ2) is 11.4. The molecule has 0 spiro atoms. The summed E-state index contributed by atoms with van der Waals surface area (Å²) in [7, 11) is -1.96. The Morgan fingerprint density at radius 1 is 1.08 bits per heavy atom. The van der Waals surface area contributed by atoms with Crippen molar-refractivity contribution in [2.24, 2.45) is 0 Å². The summed E-state index contributed by atoms with van der Waals surface area (Å²) in [5.41, 5.74) is 1.92. The van der Waals surface area contributed by atoms with Gasteiger partial charge in [0, 0.05) is 51.9 Å². The van der Waals surface area contributed by atoms with Crippen LogP contribution >= 0.6 is 0 Å². The molecule has 1 N–H and O–H groups in total. The first-order valence-electron chi connectivity index (χ1n) is 12.4. The van der Waals surface area contributed by atoms with Crippen molar-refractivity contribution in [3.63, 3.8) is 0 Å². The van der Waals surface area contributed by atoms with Gasteiger partial charge in [-0.25, -0.2) is 17.2 Å². The molecule has 1 aromatic carbocycles. The largest absolute Gasteiger partial charge is 0.490 e. The Morgan fingerprint density at radius 2 is 1.83 bits per heavy atom. The van der Waals surface area contributed by atoms with Gasteiger partial charge in [0.05, 0.1) is 17.6 Å². The van der Waals surface area contributed by atoms with Gasteiger partial charge in [0.15, 0.2) is 0 Å². The van der Waals surface area contributed by atoms with Gasteiger partial charge in [-0.2, -0.15) is 4.31 Å². The van der Waals surface area contributed by atoms with Gasteiger partial charge in [0.25, 0.3) is 5.91 Å². The molecule has 1 saturated heterocycles. The highest BCUT2D eigenvalue weighted by Crippen LogP contribution is 2.39.